The summed E-state index contributed by atoms with van der Waals surface area (Å²) in [6.07, 6.45) is 0. The standard InChI is InChI=1S/C21H23N5O3/c1-15-13-19(24-29-15)23-20(27)14-25-9-11-26(12-10-25)21(28)18-8-7-17(22-18)16-5-3-2-4-6-16/h2-8,13,22H,9-12,14H2,1H3,(H,23,24,27). The zero-order valence-corrected chi connectivity index (χ0v) is 16.2. The molecule has 29 heavy (non-hydrogen) atoms. The normalized spacial score (nSPS) is 14.7. The lowest BCUT2D eigenvalue weighted by Crippen LogP contribution is -2.50. The Morgan fingerprint density at radius 3 is 2.55 bits per heavy atom. The molecule has 3 aromatic rings. The van der Waals surface area contributed by atoms with Crippen LogP contribution >= 0.6 is 0 Å². The molecular weight excluding hydrogens is 370 g/mol. The predicted molar refractivity (Wildman–Crippen MR) is 108 cm³/mol. The van der Waals surface area contributed by atoms with Crippen molar-refractivity contribution in [3.63, 3.8) is 0 Å². The molecule has 0 aliphatic carbocycles. The number of hydrogen-bond acceptors (Lipinski definition) is 5. The van der Waals surface area contributed by atoms with Crippen LogP contribution in [0.15, 0.2) is 53.1 Å². The fourth-order valence-electron chi connectivity index (χ4n) is 3.40. The molecule has 8 heteroatoms. The van der Waals surface area contributed by atoms with Gasteiger partial charge in [0, 0.05) is 37.9 Å². The molecule has 0 saturated carbocycles. The number of carbonyl (C=O) groups excluding carboxylic acids is 2. The van der Waals surface area contributed by atoms with E-state index in [1.54, 1.807) is 13.0 Å². The quantitative estimate of drug-likeness (QED) is 0.694. The molecule has 2 N–H and O–H groups in total. The van der Waals surface area contributed by atoms with Crippen molar-refractivity contribution < 1.29 is 14.1 Å². The summed E-state index contributed by atoms with van der Waals surface area (Å²) >= 11 is 0. The first kappa shape index (κ1) is 18.9. The number of carbonyl (C=O) groups is 2. The van der Waals surface area contributed by atoms with Crippen molar-refractivity contribution in [1.82, 2.24) is 19.9 Å². The van der Waals surface area contributed by atoms with Crippen LogP contribution < -0.4 is 5.32 Å². The van der Waals surface area contributed by atoms with Crippen LogP contribution in [0.5, 0.6) is 0 Å². The summed E-state index contributed by atoms with van der Waals surface area (Å²) in [4.78, 5) is 32.0. The molecular formula is C21H23N5O3. The molecule has 4 rings (SSSR count). The van der Waals surface area contributed by atoms with Crippen LogP contribution in [0.4, 0.5) is 5.82 Å². The maximum absolute atomic E-state index is 12.8. The third-order valence-corrected chi connectivity index (χ3v) is 4.92. The Morgan fingerprint density at radius 1 is 1.10 bits per heavy atom. The zero-order valence-electron chi connectivity index (χ0n) is 16.2. The maximum Gasteiger partial charge on any atom is 0.270 e. The average molecular weight is 393 g/mol. The summed E-state index contributed by atoms with van der Waals surface area (Å²) in [6, 6.07) is 15.3. The van der Waals surface area contributed by atoms with E-state index in [0.29, 0.717) is 43.5 Å². The third kappa shape index (κ3) is 4.55. The molecule has 8 nitrogen and oxygen atoms in total. The first-order valence-electron chi connectivity index (χ1n) is 9.58. The van der Waals surface area contributed by atoms with Crippen molar-refractivity contribution >= 4 is 17.6 Å². The van der Waals surface area contributed by atoms with Gasteiger partial charge in [0.15, 0.2) is 5.82 Å². The van der Waals surface area contributed by atoms with Crippen LogP contribution in [0.3, 0.4) is 0 Å². The molecule has 0 unspecified atom stereocenters. The van der Waals surface area contributed by atoms with Crippen LogP contribution in [0.2, 0.25) is 0 Å². The minimum atomic E-state index is -0.144. The van der Waals surface area contributed by atoms with Crippen molar-refractivity contribution in [2.75, 3.05) is 38.0 Å². The van der Waals surface area contributed by atoms with E-state index in [1.165, 1.54) is 0 Å². The second-order valence-electron chi connectivity index (χ2n) is 7.09. The van der Waals surface area contributed by atoms with E-state index in [1.807, 2.05) is 52.3 Å². The molecule has 1 saturated heterocycles. The Kier molecular flexibility index (Phi) is 5.44. The predicted octanol–water partition coefficient (Wildman–Crippen LogP) is 2.37. The number of benzene rings is 1. The molecule has 1 aliphatic rings. The van der Waals surface area contributed by atoms with Crippen molar-refractivity contribution in [1.29, 1.82) is 0 Å². The number of aryl methyl sites for hydroxylation is 1. The van der Waals surface area contributed by atoms with Crippen molar-refractivity contribution in [2.24, 2.45) is 0 Å². The van der Waals surface area contributed by atoms with Crippen molar-refractivity contribution in [3.05, 3.63) is 60.0 Å². The first-order valence-corrected chi connectivity index (χ1v) is 9.58. The van der Waals surface area contributed by atoms with E-state index in [9.17, 15) is 9.59 Å². The van der Waals surface area contributed by atoms with Gasteiger partial charge in [-0.3, -0.25) is 14.5 Å². The fourth-order valence-corrected chi connectivity index (χ4v) is 3.40. The summed E-state index contributed by atoms with van der Waals surface area (Å²) in [5.41, 5.74) is 2.55. The van der Waals surface area contributed by atoms with Gasteiger partial charge in [-0.1, -0.05) is 35.5 Å². The smallest absolute Gasteiger partial charge is 0.270 e. The number of nitrogens with one attached hydrogen (secondary N) is 2. The molecule has 0 bridgehead atoms. The number of nitrogens with zero attached hydrogens (tertiary/aromatic N) is 3. The molecule has 1 aromatic carbocycles. The highest BCUT2D eigenvalue weighted by Gasteiger charge is 2.24. The molecule has 0 atom stereocenters. The number of hydrogen-bond donors (Lipinski definition) is 2. The maximum atomic E-state index is 12.8. The van der Waals surface area contributed by atoms with Crippen LogP contribution in [0.1, 0.15) is 16.2 Å². The third-order valence-electron chi connectivity index (χ3n) is 4.92. The summed E-state index contributed by atoms with van der Waals surface area (Å²) in [5.74, 6) is 0.902. The molecule has 2 amide bonds. The summed E-state index contributed by atoms with van der Waals surface area (Å²) in [6.45, 7) is 4.47. The second kappa shape index (κ2) is 8.32. The number of piperazine rings is 1. The average Bonchev–Trinajstić information content (AvgIpc) is 3.38. The van der Waals surface area contributed by atoms with Gasteiger partial charge in [0.2, 0.25) is 5.91 Å². The van der Waals surface area contributed by atoms with Gasteiger partial charge >= 0.3 is 0 Å². The zero-order chi connectivity index (χ0) is 20.2. The number of amides is 2. The van der Waals surface area contributed by atoms with E-state index in [0.717, 1.165) is 11.3 Å². The van der Waals surface area contributed by atoms with Crippen LogP contribution in [0, 0.1) is 6.92 Å². The van der Waals surface area contributed by atoms with Crippen molar-refractivity contribution in [3.8, 4) is 11.3 Å². The SMILES string of the molecule is Cc1cc(NC(=O)CN2CCN(C(=O)c3ccc(-c4ccccc4)[nH]3)CC2)no1. The Balaban J connectivity index is 1.28. The van der Waals surface area contributed by atoms with Gasteiger partial charge in [-0.2, -0.15) is 0 Å². The molecule has 2 aromatic heterocycles. The highest BCUT2D eigenvalue weighted by atomic mass is 16.5. The minimum absolute atomic E-state index is 0.0191. The molecule has 0 spiro atoms. The molecule has 150 valence electrons. The van der Waals surface area contributed by atoms with Gasteiger partial charge in [0.25, 0.3) is 5.91 Å². The minimum Gasteiger partial charge on any atom is -0.360 e. The number of aromatic nitrogens is 2. The van der Waals surface area contributed by atoms with Crippen LogP contribution in [-0.2, 0) is 4.79 Å². The molecule has 1 aliphatic heterocycles. The van der Waals surface area contributed by atoms with Gasteiger partial charge in [0.05, 0.1) is 6.54 Å². The van der Waals surface area contributed by atoms with E-state index in [2.05, 4.69) is 15.5 Å². The van der Waals surface area contributed by atoms with E-state index < -0.39 is 0 Å². The van der Waals surface area contributed by atoms with Crippen LogP contribution in [0.25, 0.3) is 11.3 Å². The number of anilines is 1. The fraction of sp³-hybridized carbons (Fsp3) is 0.286. The topological polar surface area (TPSA) is 94.5 Å². The monoisotopic (exact) mass is 393 g/mol. The lowest BCUT2D eigenvalue weighted by Gasteiger charge is -2.34. The summed E-state index contributed by atoms with van der Waals surface area (Å²) in [5, 5.41) is 6.48. The first-order chi connectivity index (χ1) is 14.1. The van der Waals surface area contributed by atoms with Gasteiger partial charge < -0.3 is 19.7 Å². The van der Waals surface area contributed by atoms with Gasteiger partial charge in [-0.25, -0.2) is 0 Å². The Hall–Kier alpha value is -3.39. The highest BCUT2D eigenvalue weighted by molar-refractivity contribution is 5.93. The lowest BCUT2D eigenvalue weighted by molar-refractivity contribution is -0.117. The Labute approximate surface area is 168 Å². The molecule has 3 heterocycles. The summed E-state index contributed by atoms with van der Waals surface area (Å²) in [7, 11) is 0. The van der Waals surface area contributed by atoms with Gasteiger partial charge in [0.1, 0.15) is 11.5 Å². The van der Waals surface area contributed by atoms with E-state index >= 15 is 0 Å². The summed E-state index contributed by atoms with van der Waals surface area (Å²) < 4.78 is 4.94. The van der Waals surface area contributed by atoms with Gasteiger partial charge in [-0.15, -0.1) is 0 Å². The van der Waals surface area contributed by atoms with E-state index in [4.69, 9.17) is 4.52 Å². The number of H-pyrrole nitrogens is 1. The molecule has 0 radical (unpaired) electrons. The molecule has 1 fully saturated rings. The second-order valence-corrected chi connectivity index (χ2v) is 7.09. The largest absolute Gasteiger partial charge is 0.360 e. The lowest BCUT2D eigenvalue weighted by atomic mass is 10.2. The van der Waals surface area contributed by atoms with E-state index in [-0.39, 0.29) is 18.4 Å². The van der Waals surface area contributed by atoms with Gasteiger partial charge in [-0.05, 0) is 24.6 Å². The highest BCUT2D eigenvalue weighted by Crippen LogP contribution is 2.19. The number of rotatable bonds is 5. The number of aromatic amines is 1. The van der Waals surface area contributed by atoms with Crippen LogP contribution in [-0.4, -0.2) is 64.5 Å². The Bertz CT molecular complexity index is 987. The Morgan fingerprint density at radius 2 is 1.86 bits per heavy atom. The van der Waals surface area contributed by atoms with Crippen molar-refractivity contribution in [2.45, 2.75) is 6.92 Å².